The molecule has 1 aliphatic rings. The lowest BCUT2D eigenvalue weighted by Gasteiger charge is -2.17. The van der Waals surface area contributed by atoms with Crippen LogP contribution in [-0.2, 0) is 17.9 Å². The first-order chi connectivity index (χ1) is 14.1. The third-order valence-corrected chi connectivity index (χ3v) is 5.12. The van der Waals surface area contributed by atoms with Gasteiger partial charge in [0.1, 0.15) is 0 Å². The van der Waals surface area contributed by atoms with E-state index >= 15 is 0 Å². The van der Waals surface area contributed by atoms with Crippen LogP contribution in [0.2, 0.25) is 0 Å². The third-order valence-electron chi connectivity index (χ3n) is 4.59. The Kier molecular flexibility index (Phi) is 5.53. The van der Waals surface area contributed by atoms with Crippen LogP contribution in [0.1, 0.15) is 11.1 Å². The molecule has 3 amide bonds. The van der Waals surface area contributed by atoms with Gasteiger partial charge in [0.15, 0.2) is 0 Å². The summed E-state index contributed by atoms with van der Waals surface area (Å²) >= 11 is 3.40. The molecule has 4 rings (SSSR count). The topological polar surface area (TPSA) is 53.0 Å². The summed E-state index contributed by atoms with van der Waals surface area (Å²) in [6.07, 6.45) is 0. The van der Waals surface area contributed by atoms with Gasteiger partial charge in [0, 0.05) is 4.47 Å². The molecule has 5 nitrogen and oxygen atoms in total. The van der Waals surface area contributed by atoms with E-state index in [0.29, 0.717) is 12.2 Å². The van der Waals surface area contributed by atoms with Crippen molar-refractivity contribution in [2.45, 2.75) is 13.1 Å². The highest BCUT2D eigenvalue weighted by Crippen LogP contribution is 2.26. The number of urea groups is 1. The Bertz CT molecular complexity index is 1050. The maximum Gasteiger partial charge on any atom is 0.337 e. The van der Waals surface area contributed by atoms with Crippen molar-refractivity contribution >= 4 is 39.4 Å². The smallest absolute Gasteiger partial charge is 0.265 e. The number of aliphatic imine (C=N–C) groups is 1. The van der Waals surface area contributed by atoms with Crippen molar-refractivity contribution in [1.82, 2.24) is 4.90 Å². The first kappa shape index (κ1) is 19.1. The van der Waals surface area contributed by atoms with Crippen molar-refractivity contribution in [2.75, 3.05) is 4.90 Å². The number of anilines is 1. The fraction of sp³-hybridized carbons (Fsp3) is 0.0870. The number of hydrogen-bond acceptors (Lipinski definition) is 3. The molecule has 3 aromatic carbocycles. The number of imide groups is 1. The van der Waals surface area contributed by atoms with Crippen LogP contribution < -0.4 is 4.90 Å². The van der Waals surface area contributed by atoms with Crippen LogP contribution in [0.4, 0.5) is 10.5 Å². The molecular formula is C23H18BrN3O2. The Labute approximate surface area is 177 Å². The van der Waals surface area contributed by atoms with Crippen LogP contribution >= 0.6 is 15.9 Å². The largest absolute Gasteiger partial charge is 0.337 e. The van der Waals surface area contributed by atoms with Gasteiger partial charge in [0.2, 0.25) is 5.84 Å². The average molecular weight is 448 g/mol. The fourth-order valence-electron chi connectivity index (χ4n) is 3.13. The lowest BCUT2D eigenvalue weighted by Crippen LogP contribution is -2.33. The summed E-state index contributed by atoms with van der Waals surface area (Å²) in [5, 5.41) is 0. The summed E-state index contributed by atoms with van der Waals surface area (Å²) in [5.41, 5.74) is 2.46. The molecule has 3 aromatic rings. The van der Waals surface area contributed by atoms with E-state index in [0.717, 1.165) is 15.6 Å². The molecule has 0 spiro atoms. The summed E-state index contributed by atoms with van der Waals surface area (Å²) in [7, 11) is 0. The average Bonchev–Trinajstić information content (AvgIpc) is 2.98. The molecule has 0 unspecified atom stereocenters. The van der Waals surface area contributed by atoms with Crippen molar-refractivity contribution in [3.8, 4) is 0 Å². The van der Waals surface area contributed by atoms with Gasteiger partial charge in [-0.3, -0.25) is 14.7 Å². The number of hydrogen-bond donors (Lipinski definition) is 0. The number of benzene rings is 3. The number of amides is 3. The van der Waals surface area contributed by atoms with E-state index in [1.807, 2.05) is 72.8 Å². The highest BCUT2D eigenvalue weighted by atomic mass is 79.9. The molecule has 0 saturated carbocycles. The van der Waals surface area contributed by atoms with Crippen molar-refractivity contribution in [3.63, 3.8) is 0 Å². The highest BCUT2D eigenvalue weighted by Gasteiger charge is 2.43. The van der Waals surface area contributed by atoms with Crippen molar-refractivity contribution in [1.29, 1.82) is 0 Å². The summed E-state index contributed by atoms with van der Waals surface area (Å²) < 4.78 is 0.892. The number of carbonyl (C=O) groups is 2. The second kappa shape index (κ2) is 8.41. The summed E-state index contributed by atoms with van der Waals surface area (Å²) in [4.78, 5) is 33.4. The predicted molar refractivity (Wildman–Crippen MR) is 117 cm³/mol. The zero-order valence-electron chi connectivity index (χ0n) is 15.5. The fourth-order valence-corrected chi connectivity index (χ4v) is 3.40. The molecule has 0 aromatic heterocycles. The zero-order chi connectivity index (χ0) is 20.2. The second-order valence-electron chi connectivity index (χ2n) is 6.60. The molecule has 144 valence electrons. The van der Waals surface area contributed by atoms with Crippen LogP contribution in [0.25, 0.3) is 0 Å². The maximum atomic E-state index is 13.2. The van der Waals surface area contributed by atoms with E-state index in [1.54, 1.807) is 12.1 Å². The minimum absolute atomic E-state index is 0.136. The number of nitrogens with zero attached hydrogens (tertiary/aromatic N) is 3. The van der Waals surface area contributed by atoms with Crippen LogP contribution in [-0.4, -0.2) is 22.7 Å². The van der Waals surface area contributed by atoms with Crippen LogP contribution in [0, 0.1) is 0 Å². The van der Waals surface area contributed by atoms with Gasteiger partial charge in [-0.25, -0.2) is 9.69 Å². The molecule has 1 fully saturated rings. The minimum atomic E-state index is -0.395. The second-order valence-corrected chi connectivity index (χ2v) is 7.51. The molecule has 0 atom stereocenters. The van der Waals surface area contributed by atoms with E-state index in [1.165, 1.54) is 9.80 Å². The number of carbonyl (C=O) groups excluding carboxylic acids is 2. The SMILES string of the molecule is O=C1C(=NCc2ccccc2)N(c2ccc(Br)cc2)C(=O)N1Cc1ccccc1. The zero-order valence-corrected chi connectivity index (χ0v) is 17.1. The van der Waals surface area contributed by atoms with Gasteiger partial charge >= 0.3 is 6.03 Å². The van der Waals surface area contributed by atoms with Gasteiger partial charge in [-0.05, 0) is 35.4 Å². The molecule has 29 heavy (non-hydrogen) atoms. The number of rotatable bonds is 5. The van der Waals surface area contributed by atoms with Gasteiger partial charge in [0.05, 0.1) is 18.8 Å². The molecule has 6 heteroatoms. The summed E-state index contributed by atoms with van der Waals surface area (Å²) in [6.45, 7) is 0.525. The molecule has 1 aliphatic heterocycles. The van der Waals surface area contributed by atoms with E-state index in [2.05, 4.69) is 20.9 Å². The molecule has 1 heterocycles. The Hall–Kier alpha value is -3.25. The summed E-state index contributed by atoms with van der Waals surface area (Å²) in [6, 6.07) is 26.0. The molecule has 0 N–H and O–H groups in total. The van der Waals surface area contributed by atoms with Gasteiger partial charge in [-0.1, -0.05) is 76.6 Å². The predicted octanol–water partition coefficient (Wildman–Crippen LogP) is 5.02. The Morgan fingerprint density at radius 1 is 0.759 bits per heavy atom. The van der Waals surface area contributed by atoms with Crippen LogP contribution in [0.3, 0.4) is 0 Å². The number of halogens is 1. The molecular weight excluding hydrogens is 430 g/mol. The first-order valence-corrected chi connectivity index (χ1v) is 9.96. The molecule has 1 saturated heterocycles. The lowest BCUT2D eigenvalue weighted by atomic mass is 10.2. The monoisotopic (exact) mass is 447 g/mol. The van der Waals surface area contributed by atoms with E-state index in [4.69, 9.17) is 0 Å². The molecule has 0 aliphatic carbocycles. The first-order valence-electron chi connectivity index (χ1n) is 9.17. The van der Waals surface area contributed by atoms with E-state index < -0.39 is 11.9 Å². The van der Waals surface area contributed by atoms with Gasteiger partial charge < -0.3 is 0 Å². The van der Waals surface area contributed by atoms with Crippen LogP contribution in [0.5, 0.6) is 0 Å². The minimum Gasteiger partial charge on any atom is -0.265 e. The summed E-state index contributed by atoms with van der Waals surface area (Å²) in [5.74, 6) is -0.255. The lowest BCUT2D eigenvalue weighted by molar-refractivity contribution is -0.120. The van der Waals surface area contributed by atoms with Gasteiger partial charge in [-0.2, -0.15) is 0 Å². The number of amidine groups is 1. The van der Waals surface area contributed by atoms with Crippen LogP contribution in [0.15, 0.2) is 94.4 Å². The van der Waals surface area contributed by atoms with Gasteiger partial charge in [-0.15, -0.1) is 0 Å². The molecule has 0 radical (unpaired) electrons. The van der Waals surface area contributed by atoms with Crippen molar-refractivity contribution in [2.24, 2.45) is 4.99 Å². The standard InChI is InChI=1S/C23H18BrN3O2/c24-19-11-13-20(14-12-19)27-21(25-15-17-7-3-1-4-8-17)22(28)26(23(27)29)16-18-9-5-2-6-10-18/h1-14H,15-16H2. The highest BCUT2D eigenvalue weighted by molar-refractivity contribution is 9.10. The van der Waals surface area contributed by atoms with Gasteiger partial charge in [0.25, 0.3) is 5.91 Å². The van der Waals surface area contributed by atoms with Crippen molar-refractivity contribution in [3.05, 3.63) is 101 Å². The third kappa shape index (κ3) is 4.12. The van der Waals surface area contributed by atoms with E-state index in [-0.39, 0.29) is 12.4 Å². The van der Waals surface area contributed by atoms with Crippen molar-refractivity contribution < 1.29 is 9.59 Å². The normalized spacial score (nSPS) is 15.4. The molecule has 0 bridgehead atoms. The Morgan fingerprint density at radius 3 is 1.97 bits per heavy atom. The Morgan fingerprint density at radius 2 is 1.34 bits per heavy atom. The quantitative estimate of drug-likeness (QED) is 0.515. The maximum absolute atomic E-state index is 13.2. The Balaban J connectivity index is 1.69. The van der Waals surface area contributed by atoms with E-state index in [9.17, 15) is 9.59 Å².